The van der Waals surface area contributed by atoms with E-state index in [9.17, 15) is 9.59 Å². The van der Waals surface area contributed by atoms with Gasteiger partial charge in [0, 0.05) is 0 Å². The molecule has 2 N–H and O–H groups in total. The first-order chi connectivity index (χ1) is 16.4. The van der Waals surface area contributed by atoms with Crippen molar-refractivity contribution in [2.45, 2.75) is 43.9 Å². The van der Waals surface area contributed by atoms with Gasteiger partial charge in [0.15, 0.2) is 23.0 Å². The Morgan fingerprint density at radius 3 is 1.65 bits per heavy atom. The summed E-state index contributed by atoms with van der Waals surface area (Å²) in [7, 11) is 1.37. The Kier molecular flexibility index (Phi) is 6.76. The number of carboxylic acid groups (broad SMARTS) is 1. The minimum absolute atomic E-state index is 0. The minimum Gasteiger partial charge on any atom is -0.870 e. The molecule has 0 atom stereocenters. The molecule has 9 nitrogen and oxygen atoms in total. The molecular formula is C24H27NaO9. The number of carbonyl (C=O) groups excluding carboxylic acids is 1. The van der Waals surface area contributed by atoms with E-state index in [0.29, 0.717) is 35.7 Å². The number of methoxy groups -OCH3 is 1. The van der Waals surface area contributed by atoms with Crippen molar-refractivity contribution in [3.63, 3.8) is 0 Å². The van der Waals surface area contributed by atoms with Crippen molar-refractivity contribution in [1.82, 2.24) is 0 Å². The van der Waals surface area contributed by atoms with E-state index in [1.807, 2.05) is 0 Å². The predicted octanol–water partition coefficient (Wildman–Crippen LogP) is 0.615. The Hall–Kier alpha value is -2.46. The van der Waals surface area contributed by atoms with Gasteiger partial charge in [0.1, 0.15) is 5.48 Å². The molecule has 178 valence electrons. The number of benzene rings is 2. The molecule has 0 unspecified atom stereocenters. The average molecular weight is 486 g/mol. The number of aliphatic carboxylic acids is 1. The van der Waals surface area contributed by atoms with Gasteiger partial charge >= 0.3 is 41.5 Å². The largest absolute Gasteiger partial charge is 1.00 e. The molecule has 0 saturated heterocycles. The molecule has 2 fully saturated rings. The number of hydrogen-bond donors (Lipinski definition) is 1. The monoisotopic (exact) mass is 486 g/mol. The van der Waals surface area contributed by atoms with E-state index < -0.39 is 30.3 Å². The van der Waals surface area contributed by atoms with Gasteiger partial charge < -0.3 is 34.3 Å². The fourth-order valence-corrected chi connectivity index (χ4v) is 3.84. The molecule has 0 bridgehead atoms. The van der Waals surface area contributed by atoms with Gasteiger partial charge in [-0.15, -0.1) is 0 Å². The average Bonchev–Trinajstić information content (AvgIpc) is 3.69. The maximum Gasteiger partial charge on any atom is 1.00 e. The number of ether oxygens (including phenoxy) is 5. The molecule has 0 spiro atoms. The molecular weight excluding hydrogens is 455 g/mol. The first-order valence-corrected chi connectivity index (χ1v) is 9.77. The normalized spacial score (nSPS) is 22.6. The summed E-state index contributed by atoms with van der Waals surface area (Å²) >= 11 is 0. The second-order valence-electron chi connectivity index (χ2n) is 7.86. The summed E-state index contributed by atoms with van der Waals surface area (Å²) in [5, 5.41) is 9.16. The van der Waals surface area contributed by atoms with Crippen LogP contribution in [0, 0.1) is 0 Å². The van der Waals surface area contributed by atoms with Crippen LogP contribution in [0.4, 0.5) is 0 Å². The summed E-state index contributed by atoms with van der Waals surface area (Å²) in [6.45, 7) is -4.30. The molecule has 0 aromatic heterocycles. The third kappa shape index (κ3) is 4.70. The number of esters is 1. The van der Waals surface area contributed by atoms with E-state index in [2.05, 4.69) is 0 Å². The van der Waals surface area contributed by atoms with Crippen LogP contribution in [0.25, 0.3) is 0 Å². The molecule has 2 aromatic carbocycles. The van der Waals surface area contributed by atoms with Crippen LogP contribution in [0.15, 0.2) is 36.4 Å². The number of fused-ring (bicyclic) bond motifs is 2. The Morgan fingerprint density at radius 2 is 1.26 bits per heavy atom. The van der Waals surface area contributed by atoms with Gasteiger partial charge in [-0.3, -0.25) is 9.59 Å². The second-order valence-corrected chi connectivity index (χ2v) is 7.86. The topological polar surface area (TPSA) is 131 Å². The van der Waals surface area contributed by atoms with Crippen molar-refractivity contribution in [1.29, 1.82) is 0 Å². The van der Waals surface area contributed by atoms with E-state index in [1.54, 1.807) is 36.4 Å². The van der Waals surface area contributed by atoms with Crippen LogP contribution in [0.2, 0.25) is 0 Å². The zero-order chi connectivity index (χ0) is 25.2. The van der Waals surface area contributed by atoms with Gasteiger partial charge in [-0.05, 0) is 61.1 Å². The predicted molar refractivity (Wildman–Crippen MR) is 115 cm³/mol. The number of hydrogen-bond acceptors (Lipinski definition) is 8. The molecule has 6 rings (SSSR count). The van der Waals surface area contributed by atoms with E-state index in [4.69, 9.17) is 34.3 Å². The van der Waals surface area contributed by atoms with Crippen LogP contribution in [0.3, 0.4) is 0 Å². The quantitative estimate of drug-likeness (QED) is 0.488. The maximum atomic E-state index is 11.8. The summed E-state index contributed by atoms with van der Waals surface area (Å²) in [6.07, 6.45) is 2.70. The van der Waals surface area contributed by atoms with Crippen LogP contribution in [0.1, 0.15) is 49.7 Å². The standard InChI is InChI=1S/C12H12O4.C11H10O4.CH4.Na.H2O/c1-14-11(13)12(4-5-12)8-2-3-9-10(6-8)16-7-15-9;12-10(13)11(3-4-11)7-1-2-8-9(5-7)15-6-14-8;;;/h2-3,6H,4-5,7H2,1H3;1-2,5H,3-4,6H2,(H,12,13);1H4;;1H2/q;;;+1;/p-1/i7D2;6D2;;;. The van der Waals surface area contributed by atoms with E-state index in [1.165, 1.54) is 7.11 Å². The Morgan fingerprint density at radius 1 is 0.853 bits per heavy atom. The van der Waals surface area contributed by atoms with E-state index in [0.717, 1.165) is 18.4 Å². The Labute approximate surface area is 225 Å². The summed E-state index contributed by atoms with van der Waals surface area (Å²) in [4.78, 5) is 22.9. The molecule has 34 heavy (non-hydrogen) atoms. The minimum atomic E-state index is -2.17. The van der Waals surface area contributed by atoms with Crippen molar-refractivity contribution in [2.75, 3.05) is 20.6 Å². The van der Waals surface area contributed by atoms with Gasteiger partial charge in [-0.1, -0.05) is 19.6 Å². The third-order valence-electron chi connectivity index (χ3n) is 6.08. The summed E-state index contributed by atoms with van der Waals surface area (Å²) in [6, 6.07) is 9.81. The van der Waals surface area contributed by atoms with Gasteiger partial charge in [0.05, 0.1) is 17.9 Å². The molecule has 2 aliphatic heterocycles. The summed E-state index contributed by atoms with van der Waals surface area (Å²) in [5.41, 5.74) is 0.0373. The SMILES string of the molecule is C.[2H]C1([2H])Oc2ccc(C3(C(=O)O)CC3)cc2O1.[2H]C1([2H])Oc2ccc(C3(C(=O)OC)CC3)cc2O1.[Na+].[OH-]. The Bertz CT molecular complexity index is 1230. The summed E-state index contributed by atoms with van der Waals surface area (Å²) < 4.78 is 54.0. The maximum absolute atomic E-state index is 11.8. The van der Waals surface area contributed by atoms with Crippen molar-refractivity contribution >= 4 is 11.9 Å². The van der Waals surface area contributed by atoms with Gasteiger partial charge in [-0.2, -0.15) is 0 Å². The third-order valence-corrected chi connectivity index (χ3v) is 6.08. The van der Waals surface area contributed by atoms with Gasteiger partial charge in [0.2, 0.25) is 13.5 Å². The van der Waals surface area contributed by atoms with Crippen molar-refractivity contribution in [3.05, 3.63) is 47.5 Å². The second kappa shape index (κ2) is 10.4. The van der Waals surface area contributed by atoms with E-state index in [-0.39, 0.29) is 54.2 Å². The molecule has 10 heteroatoms. The molecule has 2 saturated carbocycles. The van der Waals surface area contributed by atoms with Crippen LogP contribution in [-0.4, -0.2) is 43.1 Å². The van der Waals surface area contributed by atoms with E-state index >= 15 is 0 Å². The Balaban J connectivity index is 0.000000248. The van der Waals surface area contributed by atoms with Crippen LogP contribution in [0.5, 0.6) is 23.0 Å². The number of carbonyl (C=O) groups is 2. The first-order valence-electron chi connectivity index (χ1n) is 11.8. The molecule has 4 aliphatic rings. The molecule has 0 amide bonds. The summed E-state index contributed by atoms with van der Waals surface area (Å²) in [5.74, 6) is 0.140. The van der Waals surface area contributed by atoms with Crippen LogP contribution < -0.4 is 48.5 Å². The number of rotatable bonds is 4. The van der Waals surface area contributed by atoms with Gasteiger partial charge in [-0.25, -0.2) is 0 Å². The first kappa shape index (κ1) is 22.0. The van der Waals surface area contributed by atoms with Crippen molar-refractivity contribution < 1.29 is 78.9 Å². The molecule has 0 radical (unpaired) electrons. The zero-order valence-corrected chi connectivity index (χ0v) is 20.0. The molecule has 2 aliphatic carbocycles. The zero-order valence-electron chi connectivity index (χ0n) is 22.0. The van der Waals surface area contributed by atoms with Crippen molar-refractivity contribution in [3.8, 4) is 23.0 Å². The van der Waals surface area contributed by atoms with Gasteiger partial charge in [0.25, 0.3) is 0 Å². The molecule has 2 heterocycles. The fraction of sp³-hybridized carbons (Fsp3) is 0.417. The van der Waals surface area contributed by atoms with Crippen LogP contribution in [-0.2, 0) is 25.2 Å². The smallest absolute Gasteiger partial charge is 0.870 e. The van der Waals surface area contributed by atoms with Crippen molar-refractivity contribution in [2.24, 2.45) is 0 Å². The van der Waals surface area contributed by atoms with Crippen LogP contribution >= 0.6 is 0 Å². The molecule has 2 aromatic rings. The fourth-order valence-electron chi connectivity index (χ4n) is 3.84. The number of carboxylic acids is 1.